The molecule has 8 nitrogen and oxygen atoms in total. The Kier molecular flexibility index (Phi) is 7.42. The van der Waals surface area contributed by atoms with Crippen molar-refractivity contribution in [3.8, 4) is 12.1 Å². The highest BCUT2D eigenvalue weighted by atomic mass is 16.2. The van der Waals surface area contributed by atoms with Crippen LogP contribution in [0.3, 0.4) is 0 Å². The van der Waals surface area contributed by atoms with E-state index < -0.39 is 6.04 Å². The van der Waals surface area contributed by atoms with Gasteiger partial charge in [-0.3, -0.25) is 14.4 Å². The molecule has 8 heteroatoms. The van der Waals surface area contributed by atoms with Crippen molar-refractivity contribution < 1.29 is 14.4 Å². The number of nitrogens with zero attached hydrogens (tertiary/aromatic N) is 5. The molecule has 1 saturated heterocycles. The predicted molar refractivity (Wildman–Crippen MR) is 121 cm³/mol. The zero-order valence-corrected chi connectivity index (χ0v) is 18.7. The number of benzene rings is 2. The summed E-state index contributed by atoms with van der Waals surface area (Å²) in [6.07, 6.45) is 0.393. The number of amides is 3. The van der Waals surface area contributed by atoms with E-state index in [9.17, 15) is 14.4 Å². The molecule has 0 unspecified atom stereocenters. The van der Waals surface area contributed by atoms with Crippen molar-refractivity contribution in [1.82, 2.24) is 14.7 Å². The van der Waals surface area contributed by atoms with Crippen LogP contribution in [-0.4, -0.2) is 72.2 Å². The molecule has 0 bridgehead atoms. The van der Waals surface area contributed by atoms with E-state index in [1.807, 2.05) is 0 Å². The van der Waals surface area contributed by atoms with Crippen LogP contribution in [-0.2, 0) is 17.6 Å². The number of nitriles is 2. The van der Waals surface area contributed by atoms with Gasteiger partial charge in [0.1, 0.15) is 6.04 Å². The van der Waals surface area contributed by atoms with Crippen LogP contribution >= 0.6 is 0 Å². The first-order chi connectivity index (χ1) is 15.8. The molecule has 0 aromatic heterocycles. The van der Waals surface area contributed by atoms with Crippen LogP contribution in [0.4, 0.5) is 0 Å². The Hall–Kier alpha value is -4.17. The maximum absolute atomic E-state index is 13.3. The molecule has 0 spiro atoms. The van der Waals surface area contributed by atoms with Gasteiger partial charge in [0.25, 0.3) is 11.8 Å². The summed E-state index contributed by atoms with van der Waals surface area (Å²) in [7, 11) is 3.23. The van der Waals surface area contributed by atoms with Gasteiger partial charge in [0.05, 0.1) is 31.5 Å². The van der Waals surface area contributed by atoms with Crippen molar-refractivity contribution in [3.63, 3.8) is 0 Å². The standard InChI is InChI=1S/C25H25N5O3/c1-28(2)25(33)22-17-29(23(31)20-7-3-5-18(15-20)9-11-26)13-14-30(22)24(32)21-8-4-6-19(16-21)10-12-27/h3-8,15-16,22H,9-10,13-14,17H2,1-2H3/t22-/m1/s1. The molecule has 2 aromatic carbocycles. The first kappa shape index (κ1) is 23.5. The maximum Gasteiger partial charge on any atom is 0.254 e. The van der Waals surface area contributed by atoms with Gasteiger partial charge in [0.15, 0.2) is 0 Å². The van der Waals surface area contributed by atoms with Crippen molar-refractivity contribution in [3.05, 3.63) is 70.8 Å². The Labute approximate surface area is 193 Å². The molecule has 1 heterocycles. The quantitative estimate of drug-likeness (QED) is 0.701. The van der Waals surface area contributed by atoms with Crippen LogP contribution in [0, 0.1) is 22.7 Å². The zero-order valence-electron chi connectivity index (χ0n) is 18.7. The van der Waals surface area contributed by atoms with Crippen LogP contribution in [0.25, 0.3) is 0 Å². The molecule has 168 valence electrons. The second kappa shape index (κ2) is 10.4. The number of hydrogen-bond donors (Lipinski definition) is 0. The molecule has 2 aromatic rings. The highest BCUT2D eigenvalue weighted by molar-refractivity contribution is 5.99. The van der Waals surface area contributed by atoms with Crippen LogP contribution in [0.1, 0.15) is 31.8 Å². The van der Waals surface area contributed by atoms with E-state index in [2.05, 4.69) is 12.1 Å². The Balaban J connectivity index is 1.85. The number of carbonyl (C=O) groups excluding carboxylic acids is 3. The van der Waals surface area contributed by atoms with Crippen LogP contribution in [0.2, 0.25) is 0 Å². The molecular weight excluding hydrogens is 418 g/mol. The minimum absolute atomic E-state index is 0.0714. The van der Waals surface area contributed by atoms with Gasteiger partial charge in [-0.1, -0.05) is 24.3 Å². The SMILES string of the molecule is CN(C)C(=O)[C@H]1CN(C(=O)c2cccc(CC#N)c2)CCN1C(=O)c1cccc(CC#N)c1. The summed E-state index contributed by atoms with van der Waals surface area (Å²) >= 11 is 0. The van der Waals surface area contributed by atoms with E-state index in [4.69, 9.17) is 10.5 Å². The molecule has 1 fully saturated rings. The fourth-order valence-electron chi connectivity index (χ4n) is 3.88. The summed E-state index contributed by atoms with van der Waals surface area (Å²) in [5.74, 6) is -0.820. The average Bonchev–Trinajstić information content (AvgIpc) is 2.83. The highest BCUT2D eigenvalue weighted by Crippen LogP contribution is 2.19. The monoisotopic (exact) mass is 443 g/mol. The van der Waals surface area contributed by atoms with Crippen molar-refractivity contribution in [2.45, 2.75) is 18.9 Å². The van der Waals surface area contributed by atoms with Crippen molar-refractivity contribution in [2.24, 2.45) is 0 Å². The van der Waals surface area contributed by atoms with Gasteiger partial charge in [0.2, 0.25) is 5.91 Å². The number of likely N-dealkylation sites (N-methyl/N-ethyl adjacent to an activating group) is 1. The van der Waals surface area contributed by atoms with Gasteiger partial charge in [-0.25, -0.2) is 0 Å². The van der Waals surface area contributed by atoms with Crippen molar-refractivity contribution in [1.29, 1.82) is 10.5 Å². The number of carbonyl (C=O) groups is 3. The van der Waals surface area contributed by atoms with Crippen molar-refractivity contribution in [2.75, 3.05) is 33.7 Å². The Morgan fingerprint density at radius 1 is 0.909 bits per heavy atom. The summed E-state index contributed by atoms with van der Waals surface area (Å²) in [5, 5.41) is 17.9. The van der Waals surface area contributed by atoms with E-state index in [1.165, 1.54) is 9.80 Å². The fraction of sp³-hybridized carbons (Fsp3) is 0.320. The smallest absolute Gasteiger partial charge is 0.254 e. The van der Waals surface area contributed by atoms with E-state index in [0.717, 1.165) is 11.1 Å². The summed E-state index contributed by atoms with van der Waals surface area (Å²) < 4.78 is 0. The van der Waals surface area contributed by atoms with Crippen LogP contribution in [0.15, 0.2) is 48.5 Å². The molecule has 33 heavy (non-hydrogen) atoms. The van der Waals surface area contributed by atoms with E-state index in [-0.39, 0.29) is 50.2 Å². The van der Waals surface area contributed by atoms with Gasteiger partial charge in [-0.15, -0.1) is 0 Å². The van der Waals surface area contributed by atoms with Crippen LogP contribution in [0.5, 0.6) is 0 Å². The molecule has 3 rings (SSSR count). The van der Waals surface area contributed by atoms with E-state index >= 15 is 0 Å². The average molecular weight is 444 g/mol. The Morgan fingerprint density at radius 3 is 1.97 bits per heavy atom. The number of hydrogen-bond acceptors (Lipinski definition) is 5. The Bertz CT molecular complexity index is 1150. The minimum atomic E-state index is -0.827. The summed E-state index contributed by atoms with van der Waals surface area (Å²) in [6, 6.07) is 17.0. The molecular formula is C25H25N5O3. The number of piperazine rings is 1. The van der Waals surface area contributed by atoms with Gasteiger partial charge in [-0.2, -0.15) is 10.5 Å². The zero-order chi connectivity index (χ0) is 24.0. The molecule has 0 N–H and O–H groups in total. The van der Waals surface area contributed by atoms with Crippen LogP contribution < -0.4 is 0 Å². The second-order valence-corrected chi connectivity index (χ2v) is 8.07. The van der Waals surface area contributed by atoms with Crippen molar-refractivity contribution >= 4 is 17.7 Å². The topological polar surface area (TPSA) is 109 Å². The van der Waals surface area contributed by atoms with E-state index in [0.29, 0.717) is 11.1 Å². The lowest BCUT2D eigenvalue weighted by Gasteiger charge is -2.41. The molecule has 1 aliphatic rings. The van der Waals surface area contributed by atoms with Gasteiger partial charge in [-0.05, 0) is 35.4 Å². The molecule has 0 aliphatic carbocycles. The largest absolute Gasteiger partial charge is 0.347 e. The highest BCUT2D eigenvalue weighted by Gasteiger charge is 2.38. The molecule has 1 atom stereocenters. The normalized spacial score (nSPS) is 15.3. The van der Waals surface area contributed by atoms with E-state index in [1.54, 1.807) is 67.5 Å². The Morgan fingerprint density at radius 2 is 1.45 bits per heavy atom. The summed E-state index contributed by atoms with van der Waals surface area (Å²) in [6.45, 7) is 0.555. The van der Waals surface area contributed by atoms with Gasteiger partial charge >= 0.3 is 0 Å². The third-order valence-electron chi connectivity index (χ3n) is 5.57. The number of rotatable bonds is 5. The lowest BCUT2D eigenvalue weighted by molar-refractivity contribution is -0.135. The van der Waals surface area contributed by atoms with Gasteiger partial charge < -0.3 is 14.7 Å². The lowest BCUT2D eigenvalue weighted by atomic mass is 10.0. The summed E-state index contributed by atoms with van der Waals surface area (Å²) in [4.78, 5) is 43.9. The molecule has 0 saturated carbocycles. The first-order valence-electron chi connectivity index (χ1n) is 10.6. The predicted octanol–water partition coefficient (Wildman–Crippen LogP) is 1.87. The third kappa shape index (κ3) is 5.36. The molecule has 1 aliphatic heterocycles. The maximum atomic E-state index is 13.3. The molecule has 0 radical (unpaired) electrons. The summed E-state index contributed by atoms with van der Waals surface area (Å²) in [5.41, 5.74) is 2.33. The second-order valence-electron chi connectivity index (χ2n) is 8.07. The molecule has 3 amide bonds. The fourth-order valence-corrected chi connectivity index (χ4v) is 3.88. The lowest BCUT2D eigenvalue weighted by Crippen LogP contribution is -2.61. The third-order valence-corrected chi connectivity index (χ3v) is 5.57. The first-order valence-corrected chi connectivity index (χ1v) is 10.6. The van der Waals surface area contributed by atoms with Gasteiger partial charge in [0, 0.05) is 38.3 Å². The minimum Gasteiger partial charge on any atom is -0.347 e.